The van der Waals surface area contributed by atoms with Crippen LogP contribution in [0.5, 0.6) is 11.5 Å². The number of ether oxygens (including phenoxy) is 1. The van der Waals surface area contributed by atoms with Crippen LogP contribution in [0.2, 0.25) is 0 Å². The normalized spacial score (nSPS) is 16.7. The second-order valence-electron chi connectivity index (χ2n) is 4.82. The van der Waals surface area contributed by atoms with Crippen molar-refractivity contribution in [2.75, 3.05) is 5.12 Å². The molecule has 132 valence electrons. The summed E-state index contributed by atoms with van der Waals surface area (Å²) < 4.78 is 100. The van der Waals surface area contributed by atoms with Gasteiger partial charge in [-0.1, -0.05) is 4.48 Å². The number of phenols is 1. The first kappa shape index (κ1) is 16.9. The third-order valence-corrected chi connectivity index (χ3v) is 3.41. The number of hydrogen-bond acceptors (Lipinski definition) is 4. The molecule has 0 spiro atoms. The molecule has 25 heavy (non-hydrogen) atoms. The van der Waals surface area contributed by atoms with Gasteiger partial charge in [-0.15, -0.1) is 0 Å². The number of aromatic hydroxyl groups is 1. The van der Waals surface area contributed by atoms with Gasteiger partial charge in [-0.2, -0.15) is 9.51 Å². The Balaban J connectivity index is 2.31. The molecular formula is C14H4F7NO3. The molecular weight excluding hydrogens is 363 g/mol. The highest BCUT2D eigenvalue weighted by Crippen LogP contribution is 2.44. The van der Waals surface area contributed by atoms with E-state index in [1.165, 1.54) is 0 Å². The van der Waals surface area contributed by atoms with E-state index in [0.717, 1.165) is 0 Å². The predicted molar refractivity (Wildman–Crippen MR) is 67.5 cm³/mol. The van der Waals surface area contributed by atoms with E-state index < -0.39 is 74.8 Å². The van der Waals surface area contributed by atoms with E-state index in [-0.39, 0.29) is 0 Å². The van der Waals surface area contributed by atoms with Crippen molar-refractivity contribution in [1.29, 1.82) is 0 Å². The Morgan fingerprint density at radius 3 is 2.24 bits per heavy atom. The molecule has 1 atom stereocenters. The second kappa shape index (κ2) is 5.53. The molecule has 2 aromatic carbocycles. The zero-order chi connectivity index (χ0) is 18.6. The van der Waals surface area contributed by atoms with Gasteiger partial charge in [0.15, 0.2) is 40.5 Å². The number of nitrogens with zero attached hydrogens (tertiary/aromatic N) is 1. The van der Waals surface area contributed by atoms with Crippen LogP contribution in [-0.4, -0.2) is 17.4 Å². The molecule has 0 saturated heterocycles. The van der Waals surface area contributed by atoms with E-state index in [1.807, 2.05) is 0 Å². The Morgan fingerprint density at radius 1 is 0.960 bits per heavy atom. The van der Waals surface area contributed by atoms with Crippen LogP contribution in [0.25, 0.3) is 11.1 Å². The fourth-order valence-electron chi connectivity index (χ4n) is 2.24. The number of phenolic OH excluding ortho intramolecular Hbond substituents is 1. The molecule has 0 aromatic heterocycles. The fourth-order valence-corrected chi connectivity index (χ4v) is 2.24. The number of carbonyl (C=O) groups excluding carboxylic acids is 1. The van der Waals surface area contributed by atoms with Gasteiger partial charge in [0.25, 0.3) is 6.30 Å². The highest BCUT2D eigenvalue weighted by atomic mass is 19.2. The minimum atomic E-state index is -3.05. The van der Waals surface area contributed by atoms with Crippen molar-refractivity contribution in [3.05, 3.63) is 41.2 Å². The van der Waals surface area contributed by atoms with Crippen LogP contribution in [0, 0.1) is 29.1 Å². The van der Waals surface area contributed by atoms with Crippen molar-refractivity contribution >= 4 is 11.7 Å². The first-order valence-corrected chi connectivity index (χ1v) is 6.35. The van der Waals surface area contributed by atoms with E-state index in [4.69, 9.17) is 5.11 Å². The standard InChI is InChI=1S/C14H4F7NO3/c15-6-3(5-7(16)9(18)10(19)12(23)8(5)17)1-2-4-11(6)22(21)13(20)14(24)25-4/h1-2,13,23H. The van der Waals surface area contributed by atoms with Crippen molar-refractivity contribution in [2.45, 2.75) is 6.30 Å². The monoisotopic (exact) mass is 367 g/mol. The molecule has 1 unspecified atom stereocenters. The Morgan fingerprint density at radius 2 is 1.60 bits per heavy atom. The van der Waals surface area contributed by atoms with Crippen LogP contribution in [0.4, 0.5) is 36.5 Å². The van der Waals surface area contributed by atoms with Crippen LogP contribution in [-0.2, 0) is 4.79 Å². The minimum Gasteiger partial charge on any atom is -0.503 e. The molecule has 2 aromatic rings. The summed E-state index contributed by atoms with van der Waals surface area (Å²) in [6.07, 6.45) is -3.05. The Hall–Kier alpha value is -2.98. The van der Waals surface area contributed by atoms with Gasteiger partial charge in [0.2, 0.25) is 5.82 Å². The molecule has 3 rings (SSSR count). The highest BCUT2D eigenvalue weighted by Gasteiger charge is 2.40. The molecule has 0 amide bonds. The molecule has 1 aliphatic rings. The molecule has 0 fully saturated rings. The van der Waals surface area contributed by atoms with Gasteiger partial charge in [-0.05, 0) is 12.1 Å². The van der Waals surface area contributed by atoms with Crippen LogP contribution < -0.4 is 9.86 Å². The van der Waals surface area contributed by atoms with E-state index >= 15 is 0 Å². The largest absolute Gasteiger partial charge is 0.503 e. The van der Waals surface area contributed by atoms with E-state index in [1.54, 1.807) is 0 Å². The molecule has 1 heterocycles. The smallest absolute Gasteiger partial charge is 0.369 e. The third-order valence-electron chi connectivity index (χ3n) is 3.41. The van der Waals surface area contributed by atoms with Crippen LogP contribution >= 0.6 is 0 Å². The Bertz CT molecular complexity index is 889. The van der Waals surface area contributed by atoms with Crippen LogP contribution in [0.3, 0.4) is 0 Å². The summed E-state index contributed by atoms with van der Waals surface area (Å²) in [5.41, 5.74) is -4.05. The lowest BCUT2D eigenvalue weighted by Gasteiger charge is -2.26. The summed E-state index contributed by atoms with van der Waals surface area (Å²) in [6, 6.07) is 1.20. The summed E-state index contributed by atoms with van der Waals surface area (Å²) in [6.45, 7) is 0. The molecule has 11 heteroatoms. The average Bonchev–Trinajstić information content (AvgIpc) is 2.58. The SMILES string of the molecule is O=C1Oc2ccc(-c3c(F)c(O)c(F)c(F)c3F)c(F)c2N(F)C1F. The molecule has 0 saturated carbocycles. The second-order valence-corrected chi connectivity index (χ2v) is 4.82. The molecule has 0 aliphatic carbocycles. The fraction of sp³-hybridized carbons (Fsp3) is 0.0714. The van der Waals surface area contributed by atoms with Gasteiger partial charge in [-0.25, -0.2) is 26.7 Å². The maximum absolute atomic E-state index is 14.4. The van der Waals surface area contributed by atoms with Crippen molar-refractivity contribution in [2.24, 2.45) is 0 Å². The van der Waals surface area contributed by atoms with Crippen molar-refractivity contribution in [3.8, 4) is 22.6 Å². The zero-order valence-electron chi connectivity index (χ0n) is 11.6. The number of benzene rings is 2. The number of carbonyl (C=O) groups is 1. The zero-order valence-corrected chi connectivity index (χ0v) is 11.6. The lowest BCUT2D eigenvalue weighted by molar-refractivity contribution is -0.142. The van der Waals surface area contributed by atoms with Crippen LogP contribution in [0.15, 0.2) is 12.1 Å². The van der Waals surface area contributed by atoms with E-state index in [9.17, 15) is 35.6 Å². The predicted octanol–water partition coefficient (Wildman–Crippen LogP) is 3.66. The number of halogens is 7. The topological polar surface area (TPSA) is 49.8 Å². The van der Waals surface area contributed by atoms with Crippen molar-refractivity contribution < 1.29 is 45.5 Å². The third kappa shape index (κ3) is 2.26. The molecule has 4 nitrogen and oxygen atoms in total. The first-order chi connectivity index (χ1) is 11.7. The Labute approximate surface area is 133 Å². The number of anilines is 1. The van der Waals surface area contributed by atoms with Gasteiger partial charge in [-0.3, -0.25) is 0 Å². The van der Waals surface area contributed by atoms with Gasteiger partial charge < -0.3 is 9.84 Å². The highest BCUT2D eigenvalue weighted by molar-refractivity contribution is 5.87. The summed E-state index contributed by atoms with van der Waals surface area (Å²) >= 11 is 0. The van der Waals surface area contributed by atoms with Crippen molar-refractivity contribution in [1.82, 2.24) is 0 Å². The summed E-state index contributed by atoms with van der Waals surface area (Å²) in [7, 11) is 0. The summed E-state index contributed by atoms with van der Waals surface area (Å²) in [5.74, 6) is -15.1. The lowest BCUT2D eigenvalue weighted by atomic mass is 10.0. The van der Waals surface area contributed by atoms with E-state index in [2.05, 4.69) is 4.74 Å². The molecule has 0 bridgehead atoms. The van der Waals surface area contributed by atoms with Gasteiger partial charge >= 0.3 is 5.97 Å². The van der Waals surface area contributed by atoms with Gasteiger partial charge in [0.1, 0.15) is 0 Å². The van der Waals surface area contributed by atoms with Crippen molar-refractivity contribution in [3.63, 3.8) is 0 Å². The number of fused-ring (bicyclic) bond motifs is 1. The van der Waals surface area contributed by atoms with Gasteiger partial charge in [0, 0.05) is 5.56 Å². The molecule has 0 radical (unpaired) electrons. The number of rotatable bonds is 1. The molecule has 1 N–H and O–H groups in total. The number of esters is 1. The molecule has 1 aliphatic heterocycles. The van der Waals surface area contributed by atoms with Crippen LogP contribution in [0.1, 0.15) is 0 Å². The number of hydrogen-bond donors (Lipinski definition) is 1. The summed E-state index contributed by atoms with van der Waals surface area (Å²) in [5, 5.41) is 8.13. The van der Waals surface area contributed by atoms with Gasteiger partial charge in [0.05, 0.1) is 5.56 Å². The van der Waals surface area contributed by atoms with E-state index in [0.29, 0.717) is 12.1 Å². The average molecular weight is 367 g/mol. The first-order valence-electron chi connectivity index (χ1n) is 6.35. The summed E-state index contributed by atoms with van der Waals surface area (Å²) in [4.78, 5) is 11.0. The maximum Gasteiger partial charge on any atom is 0.369 e. The maximum atomic E-state index is 14.4. The lowest BCUT2D eigenvalue weighted by Crippen LogP contribution is -2.39. The number of alkyl halides is 1. The quantitative estimate of drug-likeness (QED) is 0.159. The Kier molecular flexibility index (Phi) is 3.73. The minimum absolute atomic E-state index is 0.548.